The first-order valence-electron chi connectivity index (χ1n) is 8.68. The van der Waals surface area contributed by atoms with Gasteiger partial charge in [-0.1, -0.05) is 59.7 Å². The summed E-state index contributed by atoms with van der Waals surface area (Å²) in [6, 6.07) is 10.6. The smallest absolute Gasteiger partial charge is 0.126 e. The fourth-order valence-corrected chi connectivity index (χ4v) is 2.46. The second kappa shape index (κ2) is 8.96. The fraction of sp³-hybridized carbons (Fsp3) is 0.455. The molecule has 0 aromatic heterocycles. The van der Waals surface area contributed by atoms with Crippen LogP contribution in [0.5, 0.6) is 0 Å². The van der Waals surface area contributed by atoms with E-state index in [1.54, 1.807) is 18.2 Å². The highest BCUT2D eigenvalue weighted by Gasteiger charge is 2.08. The van der Waals surface area contributed by atoms with Crippen LogP contribution in [0.25, 0.3) is 0 Å². The molecule has 0 atom stereocenters. The summed E-state index contributed by atoms with van der Waals surface area (Å²) in [4.78, 5) is 0. The number of hydrogen-bond acceptors (Lipinski definition) is 0. The van der Waals surface area contributed by atoms with E-state index in [-0.39, 0.29) is 17.6 Å². The van der Waals surface area contributed by atoms with E-state index in [2.05, 4.69) is 27.7 Å². The molecular formula is C22H30F2. The van der Waals surface area contributed by atoms with Crippen LogP contribution >= 0.6 is 0 Å². The molecule has 0 aliphatic rings. The standard InChI is InChI=1S/C12H17F.C10H13F/c1-8(2)10-5-6-12(13)11(7-10)9(3)4;1-7(2)9-4-8(3)5-10(11)6-9/h5-9H,1-4H3;4-7H,1-3H3. The van der Waals surface area contributed by atoms with Gasteiger partial charge in [0.05, 0.1) is 0 Å². The second-order valence-electron chi connectivity index (χ2n) is 7.31. The van der Waals surface area contributed by atoms with Gasteiger partial charge >= 0.3 is 0 Å². The lowest BCUT2D eigenvalue weighted by Crippen LogP contribution is -1.96. The zero-order chi connectivity index (χ0) is 18.4. The summed E-state index contributed by atoms with van der Waals surface area (Å²) in [5.41, 5.74) is 4.10. The van der Waals surface area contributed by atoms with E-state index in [0.717, 1.165) is 16.7 Å². The largest absolute Gasteiger partial charge is 0.207 e. The molecule has 24 heavy (non-hydrogen) atoms. The Morgan fingerprint density at radius 3 is 1.71 bits per heavy atom. The molecule has 0 saturated carbocycles. The average molecular weight is 332 g/mol. The summed E-state index contributed by atoms with van der Waals surface area (Å²) in [6.07, 6.45) is 0. The highest BCUT2D eigenvalue weighted by molar-refractivity contribution is 5.29. The summed E-state index contributed by atoms with van der Waals surface area (Å²) < 4.78 is 26.1. The van der Waals surface area contributed by atoms with Gasteiger partial charge in [-0.2, -0.15) is 0 Å². The van der Waals surface area contributed by atoms with Crippen molar-refractivity contribution in [3.63, 3.8) is 0 Å². The Hall–Kier alpha value is -1.70. The van der Waals surface area contributed by atoms with Gasteiger partial charge in [0.25, 0.3) is 0 Å². The van der Waals surface area contributed by atoms with Crippen LogP contribution in [-0.2, 0) is 0 Å². The van der Waals surface area contributed by atoms with Crippen molar-refractivity contribution in [2.45, 2.75) is 66.2 Å². The van der Waals surface area contributed by atoms with Gasteiger partial charge in [-0.25, -0.2) is 8.78 Å². The Bertz CT molecular complexity index is 635. The van der Waals surface area contributed by atoms with Crippen LogP contribution in [0.15, 0.2) is 36.4 Å². The number of benzene rings is 2. The number of rotatable bonds is 3. The Morgan fingerprint density at radius 2 is 1.25 bits per heavy atom. The minimum Gasteiger partial charge on any atom is -0.207 e. The lowest BCUT2D eigenvalue weighted by atomic mass is 9.95. The average Bonchev–Trinajstić information content (AvgIpc) is 2.46. The minimum absolute atomic E-state index is 0.0839. The normalized spacial score (nSPS) is 11.0. The lowest BCUT2D eigenvalue weighted by Gasteiger charge is -2.11. The topological polar surface area (TPSA) is 0 Å². The van der Waals surface area contributed by atoms with Crippen molar-refractivity contribution < 1.29 is 8.78 Å². The van der Waals surface area contributed by atoms with Crippen LogP contribution in [0.2, 0.25) is 0 Å². The van der Waals surface area contributed by atoms with Crippen molar-refractivity contribution in [1.82, 2.24) is 0 Å². The molecule has 0 saturated heterocycles. The third-order valence-electron chi connectivity index (χ3n) is 4.04. The van der Waals surface area contributed by atoms with Crippen molar-refractivity contribution in [2.24, 2.45) is 0 Å². The third-order valence-corrected chi connectivity index (χ3v) is 4.04. The van der Waals surface area contributed by atoms with E-state index in [4.69, 9.17) is 0 Å². The van der Waals surface area contributed by atoms with Gasteiger partial charge in [0.15, 0.2) is 0 Å². The SMILES string of the molecule is CC(C)c1ccc(F)c(C(C)C)c1.Cc1cc(F)cc(C(C)C)c1. The zero-order valence-electron chi connectivity index (χ0n) is 16.0. The molecule has 0 unspecified atom stereocenters. The van der Waals surface area contributed by atoms with E-state index in [9.17, 15) is 8.78 Å². The molecule has 0 radical (unpaired) electrons. The molecule has 0 heterocycles. The van der Waals surface area contributed by atoms with E-state index in [1.807, 2.05) is 39.0 Å². The molecule has 2 aromatic carbocycles. The molecule has 0 fully saturated rings. The Balaban J connectivity index is 0.000000243. The van der Waals surface area contributed by atoms with Crippen LogP contribution in [0.1, 0.15) is 81.5 Å². The molecule has 2 rings (SSSR count). The molecule has 132 valence electrons. The van der Waals surface area contributed by atoms with Crippen LogP contribution in [0.4, 0.5) is 8.78 Å². The highest BCUT2D eigenvalue weighted by atomic mass is 19.1. The first kappa shape index (κ1) is 20.3. The van der Waals surface area contributed by atoms with E-state index < -0.39 is 0 Å². The molecule has 0 aliphatic carbocycles. The number of halogens is 2. The molecule has 0 N–H and O–H groups in total. The van der Waals surface area contributed by atoms with Crippen LogP contribution in [-0.4, -0.2) is 0 Å². The van der Waals surface area contributed by atoms with Gasteiger partial charge < -0.3 is 0 Å². The van der Waals surface area contributed by atoms with E-state index in [1.165, 1.54) is 5.56 Å². The van der Waals surface area contributed by atoms with Gasteiger partial charge in [0.2, 0.25) is 0 Å². The van der Waals surface area contributed by atoms with Crippen LogP contribution in [0.3, 0.4) is 0 Å². The van der Waals surface area contributed by atoms with E-state index >= 15 is 0 Å². The van der Waals surface area contributed by atoms with Crippen molar-refractivity contribution in [3.8, 4) is 0 Å². The van der Waals surface area contributed by atoms with Gasteiger partial charge in [-0.15, -0.1) is 0 Å². The maximum Gasteiger partial charge on any atom is 0.126 e. The Kier molecular flexibility index (Phi) is 7.59. The predicted octanol–water partition coefficient (Wildman–Crippen LogP) is 7.33. The van der Waals surface area contributed by atoms with Gasteiger partial charge in [0.1, 0.15) is 11.6 Å². The highest BCUT2D eigenvalue weighted by Crippen LogP contribution is 2.23. The second-order valence-corrected chi connectivity index (χ2v) is 7.31. The molecule has 0 aliphatic heterocycles. The van der Waals surface area contributed by atoms with Crippen molar-refractivity contribution in [3.05, 3.63) is 70.3 Å². The minimum atomic E-state index is -0.131. The van der Waals surface area contributed by atoms with E-state index in [0.29, 0.717) is 11.8 Å². The molecular weight excluding hydrogens is 302 g/mol. The summed E-state index contributed by atoms with van der Waals surface area (Å²) >= 11 is 0. The Morgan fingerprint density at radius 1 is 0.667 bits per heavy atom. The van der Waals surface area contributed by atoms with Crippen LogP contribution in [0, 0.1) is 18.6 Å². The maximum atomic E-state index is 13.3. The molecule has 0 spiro atoms. The predicted molar refractivity (Wildman–Crippen MR) is 99.8 cm³/mol. The summed E-state index contributed by atoms with van der Waals surface area (Å²) in [6.45, 7) is 14.3. The third kappa shape index (κ3) is 6.07. The first-order valence-corrected chi connectivity index (χ1v) is 8.68. The number of hydrogen-bond donors (Lipinski definition) is 0. The van der Waals surface area contributed by atoms with Crippen molar-refractivity contribution >= 4 is 0 Å². The first-order chi connectivity index (χ1) is 11.1. The van der Waals surface area contributed by atoms with Crippen LogP contribution < -0.4 is 0 Å². The molecule has 2 heteroatoms. The molecule has 0 nitrogen and oxygen atoms in total. The quantitative estimate of drug-likeness (QED) is 0.552. The van der Waals surface area contributed by atoms with Gasteiger partial charge in [-0.3, -0.25) is 0 Å². The summed E-state index contributed by atoms with van der Waals surface area (Å²) in [5.74, 6) is 0.925. The Labute approximate surface area is 145 Å². The van der Waals surface area contributed by atoms with Crippen molar-refractivity contribution in [2.75, 3.05) is 0 Å². The van der Waals surface area contributed by atoms with Gasteiger partial charge in [0, 0.05) is 0 Å². The fourth-order valence-electron chi connectivity index (χ4n) is 2.46. The summed E-state index contributed by atoms with van der Waals surface area (Å²) in [5, 5.41) is 0. The monoisotopic (exact) mass is 332 g/mol. The van der Waals surface area contributed by atoms with Crippen molar-refractivity contribution in [1.29, 1.82) is 0 Å². The maximum absolute atomic E-state index is 13.3. The molecule has 0 amide bonds. The molecule has 2 aromatic rings. The summed E-state index contributed by atoms with van der Waals surface area (Å²) in [7, 11) is 0. The molecule has 0 bridgehead atoms. The lowest BCUT2D eigenvalue weighted by molar-refractivity contribution is 0.596. The number of aryl methyl sites for hydroxylation is 1. The zero-order valence-corrected chi connectivity index (χ0v) is 16.0. The van der Waals surface area contributed by atoms with Gasteiger partial charge in [-0.05, 0) is 65.1 Å².